The zero-order valence-corrected chi connectivity index (χ0v) is 11.9. The minimum atomic E-state index is -1.67. The molecule has 102 valence electrons. The molecular formula is C15H11Cl2NO2. The summed E-state index contributed by atoms with van der Waals surface area (Å²) < 4.78 is -1.67. The van der Waals surface area contributed by atoms with Crippen LogP contribution in [0.25, 0.3) is 0 Å². The van der Waals surface area contributed by atoms with Gasteiger partial charge >= 0.3 is 0 Å². The molecule has 0 saturated carbocycles. The van der Waals surface area contributed by atoms with Crippen molar-refractivity contribution in [2.24, 2.45) is 5.73 Å². The molecule has 0 radical (unpaired) electrons. The Labute approximate surface area is 126 Å². The highest BCUT2D eigenvalue weighted by Crippen LogP contribution is 2.37. The van der Waals surface area contributed by atoms with Crippen LogP contribution in [0.15, 0.2) is 54.6 Å². The molecule has 2 rings (SSSR count). The largest absolute Gasteiger partial charge is 0.366 e. The van der Waals surface area contributed by atoms with E-state index in [0.29, 0.717) is 16.7 Å². The maximum Gasteiger partial charge on any atom is 0.248 e. The van der Waals surface area contributed by atoms with E-state index in [1.807, 2.05) is 0 Å². The van der Waals surface area contributed by atoms with Crippen LogP contribution in [0.1, 0.15) is 26.3 Å². The molecular weight excluding hydrogens is 297 g/mol. The van der Waals surface area contributed by atoms with Gasteiger partial charge in [-0.2, -0.15) is 0 Å². The highest BCUT2D eigenvalue weighted by molar-refractivity contribution is 6.59. The fraction of sp³-hybridized carbons (Fsp3) is 0.0667. The first kappa shape index (κ1) is 14.6. The van der Waals surface area contributed by atoms with E-state index in [4.69, 9.17) is 28.9 Å². The average Bonchev–Trinajstić information content (AvgIpc) is 2.47. The normalized spacial score (nSPS) is 11.1. The summed E-state index contributed by atoms with van der Waals surface area (Å²) >= 11 is 12.3. The summed E-state index contributed by atoms with van der Waals surface area (Å²) in [5.74, 6) is -1.02. The number of benzene rings is 2. The molecule has 0 heterocycles. The molecule has 0 aliphatic heterocycles. The van der Waals surface area contributed by atoms with E-state index in [1.54, 1.807) is 30.3 Å². The van der Waals surface area contributed by atoms with Crippen molar-refractivity contribution in [3.8, 4) is 0 Å². The number of carbonyl (C=O) groups excluding carboxylic acids is 2. The zero-order chi connectivity index (χ0) is 14.8. The lowest BCUT2D eigenvalue weighted by molar-refractivity contribution is 0.0968. The number of ketones is 1. The minimum absolute atomic E-state index is 0.309. The van der Waals surface area contributed by atoms with Gasteiger partial charge < -0.3 is 5.73 Å². The molecule has 2 aromatic carbocycles. The molecule has 0 aromatic heterocycles. The van der Waals surface area contributed by atoms with Crippen molar-refractivity contribution >= 4 is 34.9 Å². The molecule has 3 nitrogen and oxygen atoms in total. The summed E-state index contributed by atoms with van der Waals surface area (Å²) in [6.45, 7) is 0. The van der Waals surface area contributed by atoms with Crippen LogP contribution < -0.4 is 5.73 Å². The summed E-state index contributed by atoms with van der Waals surface area (Å²) in [6, 6.07) is 14.5. The van der Waals surface area contributed by atoms with Gasteiger partial charge in [0.2, 0.25) is 16.0 Å². The van der Waals surface area contributed by atoms with Gasteiger partial charge in [0.25, 0.3) is 0 Å². The van der Waals surface area contributed by atoms with Crippen molar-refractivity contribution < 1.29 is 9.59 Å². The number of Topliss-reactive ketones (excluding diaryl/α,β-unsaturated/α-hetero) is 1. The van der Waals surface area contributed by atoms with Gasteiger partial charge in [-0.3, -0.25) is 9.59 Å². The molecule has 2 aromatic rings. The first-order valence-electron chi connectivity index (χ1n) is 5.81. The predicted molar refractivity (Wildman–Crippen MR) is 79.1 cm³/mol. The van der Waals surface area contributed by atoms with Gasteiger partial charge in [0.05, 0.1) is 0 Å². The summed E-state index contributed by atoms with van der Waals surface area (Å²) in [5.41, 5.74) is 6.26. The molecule has 0 saturated heterocycles. The predicted octanol–water partition coefficient (Wildman–Crippen LogP) is 3.30. The minimum Gasteiger partial charge on any atom is -0.366 e. The molecule has 0 atom stereocenters. The molecule has 5 heteroatoms. The van der Waals surface area contributed by atoms with E-state index in [-0.39, 0.29) is 0 Å². The summed E-state index contributed by atoms with van der Waals surface area (Å²) in [6.07, 6.45) is 0. The van der Waals surface area contributed by atoms with Gasteiger partial charge in [-0.25, -0.2) is 0 Å². The number of rotatable bonds is 4. The van der Waals surface area contributed by atoms with Crippen LogP contribution in [-0.4, -0.2) is 11.7 Å². The van der Waals surface area contributed by atoms with E-state index >= 15 is 0 Å². The number of amides is 1. The highest BCUT2D eigenvalue weighted by Gasteiger charge is 2.36. The van der Waals surface area contributed by atoms with Crippen LogP contribution in [0.2, 0.25) is 0 Å². The summed E-state index contributed by atoms with van der Waals surface area (Å²) in [4.78, 5) is 23.4. The molecule has 0 bridgehead atoms. The lowest BCUT2D eigenvalue weighted by Gasteiger charge is -2.18. The van der Waals surface area contributed by atoms with Crippen LogP contribution in [-0.2, 0) is 4.33 Å². The summed E-state index contributed by atoms with van der Waals surface area (Å²) in [5, 5.41) is 0. The first-order chi connectivity index (χ1) is 9.43. The molecule has 0 unspecified atom stereocenters. The molecule has 2 N–H and O–H groups in total. The molecule has 0 spiro atoms. The number of hydrogen-bond acceptors (Lipinski definition) is 2. The second-order valence-corrected chi connectivity index (χ2v) is 5.54. The number of primary amides is 1. The first-order valence-corrected chi connectivity index (χ1v) is 6.56. The van der Waals surface area contributed by atoms with E-state index in [0.717, 1.165) is 0 Å². The quantitative estimate of drug-likeness (QED) is 0.696. The van der Waals surface area contributed by atoms with E-state index < -0.39 is 16.0 Å². The highest BCUT2D eigenvalue weighted by atomic mass is 35.5. The van der Waals surface area contributed by atoms with Crippen molar-refractivity contribution in [3.63, 3.8) is 0 Å². The number of carbonyl (C=O) groups is 2. The molecule has 1 amide bonds. The van der Waals surface area contributed by atoms with E-state index in [9.17, 15) is 9.59 Å². The van der Waals surface area contributed by atoms with Crippen LogP contribution in [0.5, 0.6) is 0 Å². The third kappa shape index (κ3) is 2.84. The third-order valence-electron chi connectivity index (χ3n) is 2.85. The molecule has 0 aliphatic rings. The maximum atomic E-state index is 12.4. The molecule has 20 heavy (non-hydrogen) atoms. The Hall–Kier alpha value is -1.84. The lowest BCUT2D eigenvalue weighted by Crippen LogP contribution is -2.23. The second-order valence-electron chi connectivity index (χ2n) is 4.21. The third-order valence-corrected chi connectivity index (χ3v) is 3.63. The number of alkyl halides is 2. The van der Waals surface area contributed by atoms with Gasteiger partial charge in [0.1, 0.15) is 0 Å². The van der Waals surface area contributed by atoms with Crippen molar-refractivity contribution in [3.05, 3.63) is 71.3 Å². The van der Waals surface area contributed by atoms with Gasteiger partial charge in [0.15, 0.2) is 0 Å². The Morgan fingerprint density at radius 1 is 0.850 bits per heavy atom. The van der Waals surface area contributed by atoms with Gasteiger partial charge in [-0.15, -0.1) is 0 Å². The Morgan fingerprint density at radius 2 is 1.35 bits per heavy atom. The lowest BCUT2D eigenvalue weighted by atomic mass is 10.0. The molecule has 0 fully saturated rings. The fourth-order valence-electron chi connectivity index (χ4n) is 1.75. The number of halogens is 2. The van der Waals surface area contributed by atoms with Crippen LogP contribution >= 0.6 is 23.2 Å². The van der Waals surface area contributed by atoms with Crippen LogP contribution in [0.3, 0.4) is 0 Å². The second kappa shape index (κ2) is 5.65. The van der Waals surface area contributed by atoms with Gasteiger partial charge in [0, 0.05) is 11.1 Å². The van der Waals surface area contributed by atoms with Crippen LogP contribution in [0.4, 0.5) is 0 Å². The van der Waals surface area contributed by atoms with Crippen molar-refractivity contribution in [1.29, 1.82) is 0 Å². The Bertz CT molecular complexity index is 637. The topological polar surface area (TPSA) is 60.2 Å². The standard InChI is InChI=1S/C15H11Cl2NO2/c16-15(17,12-4-2-1-3-5-12)13(19)10-6-8-11(9-7-10)14(18)20/h1-9H,(H2,18,20). The van der Waals surface area contributed by atoms with Crippen LogP contribution in [0, 0.1) is 0 Å². The number of nitrogens with two attached hydrogens (primary N) is 1. The van der Waals surface area contributed by atoms with Gasteiger partial charge in [-0.1, -0.05) is 65.7 Å². The number of hydrogen-bond donors (Lipinski definition) is 1. The Morgan fingerprint density at radius 3 is 1.85 bits per heavy atom. The van der Waals surface area contributed by atoms with E-state index in [1.165, 1.54) is 24.3 Å². The fourth-order valence-corrected chi connectivity index (χ4v) is 2.22. The zero-order valence-electron chi connectivity index (χ0n) is 10.3. The molecule has 0 aliphatic carbocycles. The van der Waals surface area contributed by atoms with Gasteiger partial charge in [-0.05, 0) is 17.7 Å². The maximum absolute atomic E-state index is 12.4. The van der Waals surface area contributed by atoms with Crippen molar-refractivity contribution in [2.75, 3.05) is 0 Å². The average molecular weight is 308 g/mol. The SMILES string of the molecule is NC(=O)c1ccc(C(=O)C(Cl)(Cl)c2ccccc2)cc1. The monoisotopic (exact) mass is 307 g/mol. The van der Waals surface area contributed by atoms with E-state index in [2.05, 4.69) is 0 Å². The smallest absolute Gasteiger partial charge is 0.248 e. The van der Waals surface area contributed by atoms with Crippen molar-refractivity contribution in [1.82, 2.24) is 0 Å². The summed E-state index contributed by atoms with van der Waals surface area (Å²) in [7, 11) is 0. The Balaban J connectivity index is 2.33. The Kier molecular flexibility index (Phi) is 4.12. The van der Waals surface area contributed by atoms with Crippen molar-refractivity contribution in [2.45, 2.75) is 4.33 Å².